The Bertz CT molecular complexity index is 540. The number of nitrogens with zero attached hydrogens (tertiary/aromatic N) is 1. The maximum Gasteiger partial charge on any atom is 0.375 e. The van der Waals surface area contributed by atoms with E-state index in [0.717, 1.165) is 5.56 Å². The van der Waals surface area contributed by atoms with Crippen molar-refractivity contribution in [3.8, 4) is 0 Å². The van der Waals surface area contributed by atoms with Crippen LogP contribution >= 0.6 is 15.9 Å². The zero-order chi connectivity index (χ0) is 12.8. The van der Waals surface area contributed by atoms with Crippen LogP contribution in [0.15, 0.2) is 22.6 Å². The van der Waals surface area contributed by atoms with Crippen molar-refractivity contribution in [3.05, 3.63) is 29.7 Å². The highest BCUT2D eigenvalue weighted by Crippen LogP contribution is 2.36. The summed E-state index contributed by atoms with van der Waals surface area (Å²) in [5, 5.41) is 0. The van der Waals surface area contributed by atoms with E-state index in [2.05, 4.69) is 20.9 Å². The molecule has 0 N–H and O–H groups in total. The predicted octanol–water partition coefficient (Wildman–Crippen LogP) is 4.57. The summed E-state index contributed by atoms with van der Waals surface area (Å²) in [5.74, 6) is -0.612. The van der Waals surface area contributed by atoms with Gasteiger partial charge in [0.2, 0.25) is 0 Å². The fourth-order valence-corrected chi connectivity index (χ4v) is 1.68. The summed E-state index contributed by atoms with van der Waals surface area (Å²) < 4.78 is 31.0. The Kier molecular flexibility index (Phi) is 2.77. The summed E-state index contributed by atoms with van der Waals surface area (Å²) in [5.41, 5.74) is 1.80. The first-order valence-electron chi connectivity index (χ1n) is 5.16. The molecule has 0 bridgehead atoms. The number of benzene rings is 1. The Labute approximate surface area is 106 Å². The fourth-order valence-electron chi connectivity index (χ4n) is 1.52. The summed E-state index contributed by atoms with van der Waals surface area (Å²) in [6, 6.07) is 5.32. The molecule has 1 heterocycles. The van der Waals surface area contributed by atoms with Crippen molar-refractivity contribution < 1.29 is 13.2 Å². The molecule has 0 saturated carbocycles. The van der Waals surface area contributed by atoms with E-state index in [9.17, 15) is 8.78 Å². The third-order valence-electron chi connectivity index (χ3n) is 2.50. The number of fused-ring (bicyclic) bond motifs is 1. The van der Waals surface area contributed by atoms with Crippen LogP contribution in [0.4, 0.5) is 8.78 Å². The Morgan fingerprint density at radius 3 is 2.41 bits per heavy atom. The number of rotatable bonds is 1. The fraction of sp³-hybridized carbons (Fsp3) is 0.417. The first-order chi connectivity index (χ1) is 7.68. The van der Waals surface area contributed by atoms with Crippen molar-refractivity contribution in [2.24, 2.45) is 0 Å². The van der Waals surface area contributed by atoms with Gasteiger partial charge in [-0.15, -0.1) is 0 Å². The summed E-state index contributed by atoms with van der Waals surface area (Å²) in [4.78, 5) is 0.566. The van der Waals surface area contributed by atoms with Crippen LogP contribution in [-0.4, -0.2) is 4.98 Å². The van der Waals surface area contributed by atoms with Crippen LogP contribution in [0.1, 0.15) is 32.2 Å². The Balaban J connectivity index is 2.56. The smallest absolute Gasteiger partial charge is 0.375 e. The molecule has 2 aromatic rings. The van der Waals surface area contributed by atoms with E-state index in [0.29, 0.717) is 11.1 Å². The molecule has 0 unspecified atom stereocenters. The van der Waals surface area contributed by atoms with Gasteiger partial charge >= 0.3 is 4.83 Å². The lowest BCUT2D eigenvalue weighted by molar-refractivity contribution is 0.0824. The lowest BCUT2D eigenvalue weighted by Crippen LogP contribution is -2.10. The zero-order valence-corrected chi connectivity index (χ0v) is 11.3. The first-order valence-corrected chi connectivity index (χ1v) is 5.95. The highest BCUT2D eigenvalue weighted by Gasteiger charge is 2.34. The molecule has 0 saturated heterocycles. The van der Waals surface area contributed by atoms with Crippen molar-refractivity contribution in [2.45, 2.75) is 31.0 Å². The Hall–Kier alpha value is -0.970. The lowest BCUT2D eigenvalue weighted by Gasteiger charge is -2.18. The second-order valence-electron chi connectivity index (χ2n) is 4.95. The van der Waals surface area contributed by atoms with Crippen LogP contribution in [0.25, 0.3) is 11.1 Å². The van der Waals surface area contributed by atoms with Crippen LogP contribution in [0.5, 0.6) is 0 Å². The monoisotopic (exact) mass is 303 g/mol. The third kappa shape index (κ3) is 2.49. The molecular formula is C12H12BrF2NO. The second-order valence-corrected chi connectivity index (χ2v) is 5.95. The van der Waals surface area contributed by atoms with Gasteiger partial charge in [0.05, 0.1) is 0 Å². The minimum Gasteiger partial charge on any atom is -0.434 e. The molecule has 0 spiro atoms. The minimum absolute atomic E-state index is 0.0514. The third-order valence-corrected chi connectivity index (χ3v) is 2.84. The minimum atomic E-state index is -3.23. The molecule has 0 radical (unpaired) electrons. The van der Waals surface area contributed by atoms with E-state index in [1.54, 1.807) is 12.1 Å². The van der Waals surface area contributed by atoms with E-state index < -0.39 is 10.7 Å². The average molecular weight is 304 g/mol. The predicted molar refractivity (Wildman–Crippen MR) is 65.5 cm³/mol. The molecule has 0 amide bonds. The molecule has 0 fully saturated rings. The molecule has 0 aliphatic rings. The van der Waals surface area contributed by atoms with Gasteiger partial charge in [0, 0.05) is 15.9 Å². The van der Waals surface area contributed by atoms with E-state index in [1.165, 1.54) is 0 Å². The SMILES string of the molecule is CC(C)(C)c1ccc2oc(C(F)(F)Br)nc2c1. The molecule has 0 aliphatic heterocycles. The van der Waals surface area contributed by atoms with Gasteiger partial charge in [0.25, 0.3) is 5.89 Å². The number of alkyl halides is 3. The van der Waals surface area contributed by atoms with Crippen LogP contribution in [0, 0.1) is 0 Å². The van der Waals surface area contributed by atoms with Crippen LogP contribution < -0.4 is 0 Å². The first kappa shape index (κ1) is 12.5. The van der Waals surface area contributed by atoms with Crippen molar-refractivity contribution >= 4 is 27.0 Å². The van der Waals surface area contributed by atoms with Crippen molar-refractivity contribution in [1.82, 2.24) is 4.98 Å². The summed E-state index contributed by atoms with van der Waals surface area (Å²) in [6.07, 6.45) is 0. The van der Waals surface area contributed by atoms with Crippen molar-refractivity contribution in [3.63, 3.8) is 0 Å². The number of aromatic nitrogens is 1. The maximum atomic E-state index is 13.0. The molecule has 1 aromatic carbocycles. The second kappa shape index (κ2) is 3.77. The molecule has 0 aliphatic carbocycles. The van der Waals surface area contributed by atoms with E-state index in [-0.39, 0.29) is 5.41 Å². The summed E-state index contributed by atoms with van der Waals surface area (Å²) in [6.45, 7) is 6.15. The number of hydrogen-bond donors (Lipinski definition) is 0. The maximum absolute atomic E-state index is 13.0. The van der Waals surface area contributed by atoms with E-state index >= 15 is 0 Å². The van der Waals surface area contributed by atoms with Crippen LogP contribution in [0.2, 0.25) is 0 Å². The van der Waals surface area contributed by atoms with Crippen molar-refractivity contribution in [2.75, 3.05) is 0 Å². The van der Waals surface area contributed by atoms with Gasteiger partial charge < -0.3 is 4.42 Å². The van der Waals surface area contributed by atoms with E-state index in [4.69, 9.17) is 4.42 Å². The quantitative estimate of drug-likeness (QED) is 0.721. The highest BCUT2D eigenvalue weighted by atomic mass is 79.9. The lowest BCUT2D eigenvalue weighted by atomic mass is 9.87. The molecule has 17 heavy (non-hydrogen) atoms. The number of oxazole rings is 1. The molecule has 0 atom stereocenters. The topological polar surface area (TPSA) is 26.0 Å². The summed E-state index contributed by atoms with van der Waals surface area (Å²) >= 11 is 2.23. The molecule has 2 rings (SSSR count). The molecular weight excluding hydrogens is 292 g/mol. The molecule has 1 aromatic heterocycles. The Morgan fingerprint density at radius 1 is 1.24 bits per heavy atom. The van der Waals surface area contributed by atoms with Gasteiger partial charge in [-0.25, -0.2) is 4.98 Å². The van der Waals surface area contributed by atoms with Gasteiger partial charge in [-0.05, 0) is 23.1 Å². The standard InChI is InChI=1S/C12H12BrF2NO/c1-11(2,3)7-4-5-9-8(6-7)16-10(17-9)12(13,14)15/h4-6H,1-3H3. The van der Waals surface area contributed by atoms with Gasteiger partial charge in [0.1, 0.15) is 5.52 Å². The number of halogens is 3. The zero-order valence-electron chi connectivity index (χ0n) is 9.72. The number of hydrogen-bond acceptors (Lipinski definition) is 2. The van der Waals surface area contributed by atoms with E-state index in [1.807, 2.05) is 26.8 Å². The summed E-state index contributed by atoms with van der Waals surface area (Å²) in [7, 11) is 0. The average Bonchev–Trinajstić information content (AvgIpc) is 2.57. The van der Waals surface area contributed by atoms with Gasteiger partial charge in [0.15, 0.2) is 5.58 Å². The van der Waals surface area contributed by atoms with Crippen molar-refractivity contribution in [1.29, 1.82) is 0 Å². The van der Waals surface area contributed by atoms with Gasteiger partial charge in [-0.1, -0.05) is 26.8 Å². The largest absolute Gasteiger partial charge is 0.434 e. The normalized spacial score (nSPS) is 13.3. The molecule has 92 valence electrons. The highest BCUT2D eigenvalue weighted by molar-refractivity contribution is 9.09. The molecule has 2 nitrogen and oxygen atoms in total. The Morgan fingerprint density at radius 2 is 1.88 bits per heavy atom. The van der Waals surface area contributed by atoms with Gasteiger partial charge in [-0.2, -0.15) is 8.78 Å². The van der Waals surface area contributed by atoms with Crippen LogP contribution in [0.3, 0.4) is 0 Å². The van der Waals surface area contributed by atoms with Crippen LogP contribution in [-0.2, 0) is 10.2 Å². The molecule has 5 heteroatoms. The van der Waals surface area contributed by atoms with Gasteiger partial charge in [-0.3, -0.25) is 0 Å².